The average molecular weight is 263 g/mol. The molecule has 0 unspecified atom stereocenters. The van der Waals surface area contributed by atoms with Gasteiger partial charge >= 0.3 is 0 Å². The van der Waals surface area contributed by atoms with Crippen LogP contribution in [0.15, 0.2) is 12.1 Å². The number of aryl methyl sites for hydroxylation is 1. The van der Waals surface area contributed by atoms with Gasteiger partial charge in [0, 0.05) is 18.7 Å². The molecule has 0 aliphatic heterocycles. The zero-order valence-electron chi connectivity index (χ0n) is 12.7. The minimum atomic E-state index is 0.246. The van der Waals surface area contributed by atoms with Gasteiger partial charge in [0.1, 0.15) is 11.5 Å². The van der Waals surface area contributed by atoms with Crippen molar-refractivity contribution in [2.75, 3.05) is 19.0 Å². The quantitative estimate of drug-likeness (QED) is 0.758. The molecule has 0 aliphatic carbocycles. The summed E-state index contributed by atoms with van der Waals surface area (Å²) in [6, 6.07) is 4.23. The van der Waals surface area contributed by atoms with Crippen LogP contribution >= 0.6 is 0 Å². The molecule has 1 aromatic rings. The van der Waals surface area contributed by atoms with Crippen molar-refractivity contribution in [3.63, 3.8) is 0 Å². The Bertz CT molecular complexity index is 439. The number of anilines is 1. The number of ether oxygens (including phenoxy) is 1. The standard InChI is InChI=1S/C16H25NO2/c1-11(2)14-10-15(12(3)9-16(14)19-5)17-8-6-7-13(4)18/h9-11,17H,6-8H2,1-5H3. The second-order valence-corrected chi connectivity index (χ2v) is 5.30. The average Bonchev–Trinajstić information content (AvgIpc) is 2.34. The third kappa shape index (κ3) is 4.58. The third-order valence-corrected chi connectivity index (χ3v) is 3.22. The molecule has 0 atom stereocenters. The van der Waals surface area contributed by atoms with E-state index in [9.17, 15) is 4.79 Å². The van der Waals surface area contributed by atoms with E-state index in [1.807, 2.05) is 0 Å². The molecular weight excluding hydrogens is 238 g/mol. The number of benzene rings is 1. The lowest BCUT2D eigenvalue weighted by atomic mass is 9.99. The molecule has 0 fully saturated rings. The summed E-state index contributed by atoms with van der Waals surface area (Å²) in [5.74, 6) is 1.62. The van der Waals surface area contributed by atoms with Crippen molar-refractivity contribution < 1.29 is 9.53 Å². The van der Waals surface area contributed by atoms with Crippen LogP contribution in [-0.2, 0) is 4.79 Å². The van der Waals surface area contributed by atoms with Crippen molar-refractivity contribution in [2.24, 2.45) is 0 Å². The largest absolute Gasteiger partial charge is 0.496 e. The summed E-state index contributed by atoms with van der Waals surface area (Å²) in [5, 5.41) is 3.41. The van der Waals surface area contributed by atoms with Crippen LogP contribution in [0.2, 0.25) is 0 Å². The highest BCUT2D eigenvalue weighted by molar-refractivity contribution is 5.75. The number of ketones is 1. The van der Waals surface area contributed by atoms with Gasteiger partial charge in [-0.3, -0.25) is 0 Å². The molecule has 1 rings (SSSR count). The highest BCUT2D eigenvalue weighted by Gasteiger charge is 2.10. The molecule has 19 heavy (non-hydrogen) atoms. The summed E-state index contributed by atoms with van der Waals surface area (Å²) in [6.07, 6.45) is 1.51. The molecule has 3 heteroatoms. The smallest absolute Gasteiger partial charge is 0.129 e. The Morgan fingerprint density at radius 3 is 2.58 bits per heavy atom. The minimum absolute atomic E-state index is 0.246. The van der Waals surface area contributed by atoms with Gasteiger partial charge in [-0.1, -0.05) is 13.8 Å². The van der Waals surface area contributed by atoms with Crippen molar-refractivity contribution in [3.8, 4) is 5.75 Å². The van der Waals surface area contributed by atoms with Crippen molar-refractivity contribution in [1.29, 1.82) is 0 Å². The van der Waals surface area contributed by atoms with Crippen LogP contribution in [0.25, 0.3) is 0 Å². The van der Waals surface area contributed by atoms with Gasteiger partial charge in [-0.05, 0) is 49.4 Å². The Labute approximate surface area is 116 Å². The first kappa shape index (κ1) is 15.5. The molecular formula is C16H25NO2. The fourth-order valence-corrected chi connectivity index (χ4v) is 2.08. The number of carbonyl (C=O) groups is 1. The zero-order chi connectivity index (χ0) is 14.4. The Kier molecular flexibility index (Phi) is 5.87. The normalized spacial score (nSPS) is 10.6. The number of nitrogens with one attached hydrogen (secondary N) is 1. The van der Waals surface area contributed by atoms with Gasteiger partial charge in [0.25, 0.3) is 0 Å². The number of rotatable bonds is 7. The van der Waals surface area contributed by atoms with Crippen LogP contribution in [0.1, 0.15) is 50.7 Å². The summed E-state index contributed by atoms with van der Waals surface area (Å²) in [7, 11) is 1.71. The van der Waals surface area contributed by atoms with Gasteiger partial charge in [-0.15, -0.1) is 0 Å². The number of Topliss-reactive ketones (excluding diaryl/α,β-unsaturated/α-hetero) is 1. The van der Waals surface area contributed by atoms with Crippen LogP contribution in [0.3, 0.4) is 0 Å². The maximum absolute atomic E-state index is 10.9. The molecule has 0 radical (unpaired) electrons. The Morgan fingerprint density at radius 2 is 2.05 bits per heavy atom. The van der Waals surface area contributed by atoms with Crippen LogP contribution < -0.4 is 10.1 Å². The van der Waals surface area contributed by atoms with Crippen LogP contribution in [0.4, 0.5) is 5.69 Å². The van der Waals surface area contributed by atoms with Gasteiger partial charge in [0.05, 0.1) is 7.11 Å². The first-order valence-electron chi connectivity index (χ1n) is 6.87. The summed E-state index contributed by atoms with van der Waals surface area (Å²) in [4.78, 5) is 10.9. The van der Waals surface area contributed by atoms with E-state index in [-0.39, 0.29) is 5.78 Å². The second-order valence-electron chi connectivity index (χ2n) is 5.30. The summed E-state index contributed by atoms with van der Waals surface area (Å²) < 4.78 is 5.43. The molecule has 0 aromatic heterocycles. The topological polar surface area (TPSA) is 38.3 Å². The maximum Gasteiger partial charge on any atom is 0.129 e. The van der Waals surface area contributed by atoms with Crippen LogP contribution in [0, 0.1) is 6.92 Å². The molecule has 3 nitrogen and oxygen atoms in total. The molecule has 1 N–H and O–H groups in total. The minimum Gasteiger partial charge on any atom is -0.496 e. The first-order valence-corrected chi connectivity index (χ1v) is 6.87. The van der Waals surface area contributed by atoms with Gasteiger partial charge in [-0.2, -0.15) is 0 Å². The van der Waals surface area contributed by atoms with Gasteiger partial charge in [0.15, 0.2) is 0 Å². The third-order valence-electron chi connectivity index (χ3n) is 3.22. The van der Waals surface area contributed by atoms with E-state index in [1.165, 1.54) is 11.1 Å². The number of hydrogen-bond donors (Lipinski definition) is 1. The molecule has 0 aliphatic rings. The van der Waals surface area contributed by atoms with E-state index < -0.39 is 0 Å². The number of hydrogen-bond acceptors (Lipinski definition) is 3. The number of carbonyl (C=O) groups excluding carboxylic acids is 1. The van der Waals surface area contributed by atoms with E-state index in [4.69, 9.17) is 4.74 Å². The highest BCUT2D eigenvalue weighted by atomic mass is 16.5. The first-order chi connectivity index (χ1) is 8.95. The summed E-state index contributed by atoms with van der Waals surface area (Å²) in [6.45, 7) is 8.85. The molecule has 0 amide bonds. The number of methoxy groups -OCH3 is 1. The van der Waals surface area contributed by atoms with Crippen molar-refractivity contribution >= 4 is 11.5 Å². The molecule has 0 heterocycles. The van der Waals surface area contributed by atoms with Crippen molar-refractivity contribution in [2.45, 2.75) is 46.5 Å². The molecule has 106 valence electrons. The van der Waals surface area contributed by atoms with Gasteiger partial charge < -0.3 is 14.8 Å². The lowest BCUT2D eigenvalue weighted by Gasteiger charge is -2.17. The Hall–Kier alpha value is -1.51. The predicted octanol–water partition coefficient (Wildman–Crippen LogP) is 3.91. The molecule has 0 saturated heterocycles. The van der Waals surface area contributed by atoms with E-state index in [0.29, 0.717) is 12.3 Å². The summed E-state index contributed by atoms with van der Waals surface area (Å²) in [5.41, 5.74) is 3.51. The summed E-state index contributed by atoms with van der Waals surface area (Å²) >= 11 is 0. The molecule has 0 saturated carbocycles. The van der Waals surface area contributed by atoms with Crippen LogP contribution in [-0.4, -0.2) is 19.4 Å². The lowest BCUT2D eigenvalue weighted by Crippen LogP contribution is -2.06. The molecule has 0 spiro atoms. The fourth-order valence-electron chi connectivity index (χ4n) is 2.08. The molecule has 0 bridgehead atoms. The SMILES string of the molecule is COc1cc(C)c(NCCCC(C)=O)cc1C(C)C. The Balaban J connectivity index is 2.77. The lowest BCUT2D eigenvalue weighted by molar-refractivity contribution is -0.117. The zero-order valence-corrected chi connectivity index (χ0v) is 12.7. The maximum atomic E-state index is 10.9. The van der Waals surface area contributed by atoms with E-state index in [2.05, 4.69) is 38.2 Å². The van der Waals surface area contributed by atoms with E-state index in [1.54, 1.807) is 14.0 Å². The van der Waals surface area contributed by atoms with Crippen molar-refractivity contribution in [1.82, 2.24) is 0 Å². The Morgan fingerprint density at radius 1 is 1.37 bits per heavy atom. The molecule has 1 aromatic carbocycles. The second kappa shape index (κ2) is 7.17. The van der Waals surface area contributed by atoms with E-state index >= 15 is 0 Å². The van der Waals surface area contributed by atoms with Crippen LogP contribution in [0.5, 0.6) is 5.75 Å². The van der Waals surface area contributed by atoms with Crippen molar-refractivity contribution in [3.05, 3.63) is 23.3 Å². The van der Waals surface area contributed by atoms with Gasteiger partial charge in [-0.25, -0.2) is 0 Å². The van der Waals surface area contributed by atoms with E-state index in [0.717, 1.165) is 24.4 Å². The monoisotopic (exact) mass is 263 g/mol. The van der Waals surface area contributed by atoms with Gasteiger partial charge in [0.2, 0.25) is 0 Å². The predicted molar refractivity (Wildman–Crippen MR) is 80.2 cm³/mol. The highest BCUT2D eigenvalue weighted by Crippen LogP contribution is 2.31. The fraction of sp³-hybridized carbons (Fsp3) is 0.562.